The fraction of sp³-hybridized carbons (Fsp3) is 1.00. The first-order valence-electron chi connectivity index (χ1n) is 6.97. The minimum atomic E-state index is -4.59. The second-order valence-corrected chi connectivity index (χ2v) is 5.62. The summed E-state index contributed by atoms with van der Waals surface area (Å²) in [6, 6.07) is 0. The summed E-state index contributed by atoms with van der Waals surface area (Å²) >= 11 is 0. The molecule has 4 N–H and O–H groups in total. The SMILES string of the molecule is CCCCCCCCCCCCO.O=P(O)(O)OO.[NaH]. The molecule has 0 radical (unpaired) electrons. The Morgan fingerprint density at radius 2 is 1.15 bits per heavy atom. The van der Waals surface area contributed by atoms with E-state index in [9.17, 15) is 4.57 Å². The van der Waals surface area contributed by atoms with Crippen molar-refractivity contribution in [2.75, 3.05) is 6.61 Å². The van der Waals surface area contributed by atoms with Crippen molar-refractivity contribution in [2.24, 2.45) is 0 Å². The quantitative estimate of drug-likeness (QED) is 0.153. The Morgan fingerprint density at radius 1 is 0.850 bits per heavy atom. The summed E-state index contributed by atoms with van der Waals surface area (Å²) in [5, 5.41) is 15.7. The van der Waals surface area contributed by atoms with Crippen LogP contribution in [0.4, 0.5) is 0 Å². The molecule has 0 rings (SSSR count). The van der Waals surface area contributed by atoms with Gasteiger partial charge in [0, 0.05) is 6.61 Å². The van der Waals surface area contributed by atoms with Crippen LogP contribution in [-0.4, -0.2) is 56.3 Å². The number of phosphoric acid groups is 1. The molecular weight excluding hydrogens is 294 g/mol. The molecule has 0 atom stereocenters. The molecule has 0 aliphatic rings. The van der Waals surface area contributed by atoms with Crippen LogP contribution in [0.2, 0.25) is 0 Å². The molecule has 0 aromatic heterocycles. The number of rotatable bonds is 11. The zero-order chi connectivity index (χ0) is 15.0. The Balaban J connectivity index is -0.000000352. The maximum absolute atomic E-state index is 9.22. The van der Waals surface area contributed by atoms with Crippen molar-refractivity contribution in [3.63, 3.8) is 0 Å². The van der Waals surface area contributed by atoms with Gasteiger partial charge in [-0.2, -0.15) is 0 Å². The van der Waals surface area contributed by atoms with E-state index in [1.807, 2.05) is 0 Å². The summed E-state index contributed by atoms with van der Waals surface area (Å²) in [4.78, 5) is 14.9. The zero-order valence-electron chi connectivity index (χ0n) is 11.8. The predicted octanol–water partition coefficient (Wildman–Crippen LogP) is 2.82. The van der Waals surface area contributed by atoms with Gasteiger partial charge in [-0.05, 0) is 6.42 Å². The van der Waals surface area contributed by atoms with Gasteiger partial charge in [0.2, 0.25) is 0 Å². The Bertz CT molecular complexity index is 202. The Kier molecular flexibility index (Phi) is 26.0. The average Bonchev–Trinajstić information content (AvgIpc) is 2.37. The number of aliphatic hydroxyl groups excluding tert-OH is 1. The molecule has 0 saturated heterocycles. The van der Waals surface area contributed by atoms with Crippen molar-refractivity contribution in [1.29, 1.82) is 0 Å². The van der Waals surface area contributed by atoms with Gasteiger partial charge in [-0.25, -0.2) is 9.82 Å². The monoisotopic (exact) mass is 324 g/mol. The third-order valence-corrected chi connectivity index (χ3v) is 2.83. The van der Waals surface area contributed by atoms with Crippen LogP contribution < -0.4 is 0 Å². The predicted molar refractivity (Wildman–Crippen MR) is 81.8 cm³/mol. The molecule has 0 aliphatic carbocycles. The van der Waals surface area contributed by atoms with Gasteiger partial charge in [0.05, 0.1) is 0 Å². The normalized spacial score (nSPS) is 10.4. The number of unbranched alkanes of at least 4 members (excludes halogenated alkanes) is 9. The molecule has 0 unspecified atom stereocenters. The van der Waals surface area contributed by atoms with Crippen LogP contribution in [0.5, 0.6) is 0 Å². The van der Waals surface area contributed by atoms with E-state index in [0.29, 0.717) is 6.61 Å². The first-order valence-corrected chi connectivity index (χ1v) is 8.50. The molecule has 120 valence electrons. The van der Waals surface area contributed by atoms with Crippen LogP contribution >= 0.6 is 7.82 Å². The van der Waals surface area contributed by atoms with Crippen LogP contribution in [0.1, 0.15) is 71.1 Å². The van der Waals surface area contributed by atoms with Crippen LogP contribution in [-0.2, 0) is 9.24 Å². The van der Waals surface area contributed by atoms with Crippen molar-refractivity contribution < 1.29 is 29.4 Å². The Labute approximate surface area is 144 Å². The molecule has 0 saturated carbocycles. The molecule has 0 amide bonds. The first kappa shape index (κ1) is 26.0. The van der Waals surface area contributed by atoms with Gasteiger partial charge in [0.1, 0.15) is 0 Å². The van der Waals surface area contributed by atoms with E-state index in [1.165, 1.54) is 57.8 Å². The molecule has 0 fully saturated rings. The van der Waals surface area contributed by atoms with E-state index < -0.39 is 7.82 Å². The average molecular weight is 324 g/mol. The van der Waals surface area contributed by atoms with Gasteiger partial charge in [-0.1, -0.05) is 64.7 Å². The zero-order valence-corrected chi connectivity index (χ0v) is 12.7. The van der Waals surface area contributed by atoms with Crippen LogP contribution in [0.3, 0.4) is 0 Å². The second kappa shape index (κ2) is 20.0. The van der Waals surface area contributed by atoms with Gasteiger partial charge in [-0.3, -0.25) is 0 Å². The molecular formula is C12H30NaO6P. The van der Waals surface area contributed by atoms with E-state index in [-0.39, 0.29) is 29.6 Å². The van der Waals surface area contributed by atoms with Crippen molar-refractivity contribution in [1.82, 2.24) is 0 Å². The molecule has 0 spiro atoms. The standard InChI is InChI=1S/C12H26O.Na.H3O5P.H/c1-2-3-4-5-6-7-8-9-10-11-12-13;;1-5-6(2,3)4;/h13H,2-12H2,1H3;;1H,(H2,2,3,4);. The van der Waals surface area contributed by atoms with E-state index in [2.05, 4.69) is 11.6 Å². The van der Waals surface area contributed by atoms with E-state index >= 15 is 0 Å². The van der Waals surface area contributed by atoms with Crippen LogP contribution in [0.15, 0.2) is 0 Å². The van der Waals surface area contributed by atoms with Crippen LogP contribution in [0, 0.1) is 0 Å². The number of aliphatic hydroxyl groups is 1. The summed E-state index contributed by atoms with van der Waals surface area (Å²) in [7, 11) is -4.59. The molecule has 0 heterocycles. The van der Waals surface area contributed by atoms with E-state index in [4.69, 9.17) is 20.2 Å². The summed E-state index contributed by atoms with van der Waals surface area (Å²) in [5.74, 6) is 0. The van der Waals surface area contributed by atoms with Crippen molar-refractivity contribution in [3.8, 4) is 0 Å². The molecule has 8 heteroatoms. The molecule has 0 aromatic carbocycles. The Morgan fingerprint density at radius 3 is 1.40 bits per heavy atom. The van der Waals surface area contributed by atoms with Gasteiger partial charge in [0.25, 0.3) is 0 Å². The van der Waals surface area contributed by atoms with Crippen molar-refractivity contribution in [2.45, 2.75) is 71.1 Å². The fourth-order valence-electron chi connectivity index (χ4n) is 1.60. The summed E-state index contributed by atoms with van der Waals surface area (Å²) in [5.41, 5.74) is 0. The van der Waals surface area contributed by atoms with E-state index in [1.54, 1.807) is 0 Å². The molecule has 6 nitrogen and oxygen atoms in total. The number of hydrogen-bond acceptors (Lipinski definition) is 4. The van der Waals surface area contributed by atoms with Crippen molar-refractivity contribution >= 4 is 37.4 Å². The first-order chi connectivity index (χ1) is 8.97. The van der Waals surface area contributed by atoms with Gasteiger partial charge in [-0.15, -0.1) is 4.67 Å². The summed E-state index contributed by atoms with van der Waals surface area (Å²) in [6.45, 7) is 2.63. The third kappa shape index (κ3) is 31.4. The number of hydrogen-bond donors (Lipinski definition) is 4. The van der Waals surface area contributed by atoms with Gasteiger partial charge < -0.3 is 14.9 Å². The van der Waals surface area contributed by atoms with Gasteiger partial charge >= 0.3 is 37.4 Å². The Hall–Kier alpha value is 1.03. The topological polar surface area (TPSA) is 107 Å². The van der Waals surface area contributed by atoms with Crippen LogP contribution in [0.25, 0.3) is 0 Å². The maximum atomic E-state index is 9.22. The second-order valence-electron chi connectivity index (χ2n) is 4.48. The minimum absolute atomic E-state index is 0. The fourth-order valence-corrected chi connectivity index (χ4v) is 1.60. The third-order valence-electron chi connectivity index (χ3n) is 2.62. The van der Waals surface area contributed by atoms with Crippen molar-refractivity contribution in [3.05, 3.63) is 0 Å². The molecule has 0 aliphatic heterocycles. The summed E-state index contributed by atoms with van der Waals surface area (Å²) in [6.07, 6.45) is 13.3. The van der Waals surface area contributed by atoms with E-state index in [0.717, 1.165) is 6.42 Å². The molecule has 0 bridgehead atoms. The summed E-state index contributed by atoms with van der Waals surface area (Å²) < 4.78 is 11.8. The van der Waals surface area contributed by atoms with Gasteiger partial charge in [0.15, 0.2) is 0 Å². The molecule has 0 aromatic rings. The molecule has 20 heavy (non-hydrogen) atoms.